The standard InChI is InChI=1S/C17H23ClN6.HI/c1-5-9-19-17(20-11-16-23-22-13(3)24(16)4)21-12(2)14-7-6-8-15(18)10-14;/h5-8,10,12H,1,9,11H2,2-4H3,(H2,19,20,21);1H. The maximum Gasteiger partial charge on any atom is 0.192 e. The highest BCUT2D eigenvalue weighted by Crippen LogP contribution is 2.17. The summed E-state index contributed by atoms with van der Waals surface area (Å²) in [4.78, 5) is 4.58. The first kappa shape index (κ1) is 21.4. The van der Waals surface area contributed by atoms with Crippen molar-refractivity contribution in [2.24, 2.45) is 12.0 Å². The summed E-state index contributed by atoms with van der Waals surface area (Å²) in [7, 11) is 1.93. The zero-order chi connectivity index (χ0) is 17.5. The molecule has 0 aliphatic heterocycles. The van der Waals surface area contributed by atoms with Crippen LogP contribution in [0, 0.1) is 6.92 Å². The van der Waals surface area contributed by atoms with Crippen molar-refractivity contribution in [1.29, 1.82) is 0 Å². The lowest BCUT2D eigenvalue weighted by molar-refractivity contribution is 0.685. The van der Waals surface area contributed by atoms with Crippen LogP contribution < -0.4 is 10.6 Å². The van der Waals surface area contributed by atoms with E-state index in [4.69, 9.17) is 11.6 Å². The molecule has 136 valence electrons. The normalized spacial score (nSPS) is 12.2. The monoisotopic (exact) mass is 474 g/mol. The van der Waals surface area contributed by atoms with Crippen LogP contribution in [-0.4, -0.2) is 27.3 Å². The SMILES string of the molecule is C=CCNC(=NCc1nnc(C)n1C)NC(C)c1cccc(Cl)c1.I. The Labute approximate surface area is 170 Å². The molecule has 25 heavy (non-hydrogen) atoms. The number of hydrogen-bond donors (Lipinski definition) is 2. The van der Waals surface area contributed by atoms with Gasteiger partial charge in [0.1, 0.15) is 12.4 Å². The molecule has 8 heteroatoms. The van der Waals surface area contributed by atoms with Gasteiger partial charge < -0.3 is 15.2 Å². The Morgan fingerprint density at radius 3 is 2.80 bits per heavy atom. The number of guanidine groups is 1. The van der Waals surface area contributed by atoms with Crippen molar-refractivity contribution in [3.05, 3.63) is 59.2 Å². The molecule has 0 spiro atoms. The number of benzene rings is 1. The predicted molar refractivity (Wildman–Crippen MR) is 113 cm³/mol. The molecule has 0 radical (unpaired) electrons. The zero-order valence-corrected chi connectivity index (χ0v) is 17.7. The first-order valence-electron chi connectivity index (χ1n) is 7.77. The van der Waals surface area contributed by atoms with Crippen LogP contribution in [0.25, 0.3) is 0 Å². The number of aryl methyl sites for hydroxylation is 1. The summed E-state index contributed by atoms with van der Waals surface area (Å²) in [5.41, 5.74) is 1.09. The van der Waals surface area contributed by atoms with Crippen LogP contribution in [0.15, 0.2) is 41.9 Å². The maximum atomic E-state index is 6.07. The van der Waals surface area contributed by atoms with Crippen LogP contribution in [0.4, 0.5) is 0 Å². The molecule has 0 saturated heterocycles. The lowest BCUT2D eigenvalue weighted by Crippen LogP contribution is -2.39. The van der Waals surface area contributed by atoms with Gasteiger partial charge in [0.2, 0.25) is 0 Å². The van der Waals surface area contributed by atoms with Crippen LogP contribution in [-0.2, 0) is 13.6 Å². The van der Waals surface area contributed by atoms with Crippen molar-refractivity contribution in [1.82, 2.24) is 25.4 Å². The molecule has 0 fully saturated rings. The third kappa shape index (κ3) is 6.32. The summed E-state index contributed by atoms with van der Waals surface area (Å²) in [6.45, 7) is 8.75. The van der Waals surface area contributed by atoms with Gasteiger partial charge in [0.05, 0.1) is 6.04 Å². The van der Waals surface area contributed by atoms with E-state index in [-0.39, 0.29) is 30.0 Å². The second-order valence-corrected chi connectivity index (χ2v) is 5.91. The Morgan fingerprint density at radius 1 is 1.44 bits per heavy atom. The number of aliphatic imine (C=N–C) groups is 1. The number of hydrogen-bond acceptors (Lipinski definition) is 3. The highest BCUT2D eigenvalue weighted by molar-refractivity contribution is 14.0. The van der Waals surface area contributed by atoms with E-state index in [0.717, 1.165) is 17.2 Å². The third-order valence-corrected chi connectivity index (χ3v) is 3.91. The molecule has 0 amide bonds. The summed E-state index contributed by atoms with van der Waals surface area (Å²) < 4.78 is 1.93. The molecular weight excluding hydrogens is 451 g/mol. The summed E-state index contributed by atoms with van der Waals surface area (Å²) in [6.07, 6.45) is 1.79. The fourth-order valence-electron chi connectivity index (χ4n) is 2.12. The molecule has 2 aromatic rings. The van der Waals surface area contributed by atoms with E-state index in [9.17, 15) is 0 Å². The van der Waals surface area contributed by atoms with E-state index < -0.39 is 0 Å². The quantitative estimate of drug-likeness (QED) is 0.292. The van der Waals surface area contributed by atoms with Crippen LogP contribution in [0.5, 0.6) is 0 Å². The summed E-state index contributed by atoms with van der Waals surface area (Å²) in [6, 6.07) is 7.82. The lowest BCUT2D eigenvalue weighted by atomic mass is 10.1. The average molecular weight is 475 g/mol. The molecule has 1 heterocycles. The first-order valence-corrected chi connectivity index (χ1v) is 8.15. The molecule has 0 saturated carbocycles. The average Bonchev–Trinajstić information content (AvgIpc) is 2.89. The third-order valence-electron chi connectivity index (χ3n) is 3.68. The topological polar surface area (TPSA) is 67.1 Å². The minimum atomic E-state index is 0. The van der Waals surface area contributed by atoms with E-state index in [1.165, 1.54) is 0 Å². The predicted octanol–water partition coefficient (Wildman–Crippen LogP) is 3.38. The molecule has 0 aliphatic rings. The van der Waals surface area contributed by atoms with Gasteiger partial charge in [-0.3, -0.25) is 0 Å². The van der Waals surface area contributed by atoms with Crippen molar-refractivity contribution in [3.8, 4) is 0 Å². The molecule has 6 nitrogen and oxygen atoms in total. The van der Waals surface area contributed by atoms with Crippen molar-refractivity contribution in [2.75, 3.05) is 6.54 Å². The number of aromatic nitrogens is 3. The first-order chi connectivity index (χ1) is 11.5. The van der Waals surface area contributed by atoms with E-state index in [0.29, 0.717) is 24.1 Å². The Bertz CT molecular complexity index is 728. The van der Waals surface area contributed by atoms with Gasteiger partial charge in [-0.25, -0.2) is 4.99 Å². The summed E-state index contributed by atoms with van der Waals surface area (Å²) in [5.74, 6) is 2.35. The molecule has 0 bridgehead atoms. The summed E-state index contributed by atoms with van der Waals surface area (Å²) in [5, 5.41) is 15.5. The number of rotatable bonds is 6. The Morgan fingerprint density at radius 2 is 2.20 bits per heavy atom. The van der Waals surface area contributed by atoms with Crippen LogP contribution >= 0.6 is 35.6 Å². The molecule has 1 aromatic heterocycles. The van der Waals surface area contributed by atoms with Gasteiger partial charge in [0.15, 0.2) is 11.8 Å². The molecule has 1 aromatic carbocycles. The molecule has 0 aliphatic carbocycles. The smallest absolute Gasteiger partial charge is 0.192 e. The zero-order valence-electron chi connectivity index (χ0n) is 14.7. The molecular formula is C17H24ClIN6. The minimum absolute atomic E-state index is 0. The number of nitrogens with zero attached hydrogens (tertiary/aromatic N) is 4. The van der Waals surface area contributed by atoms with Gasteiger partial charge in [0.25, 0.3) is 0 Å². The molecule has 2 N–H and O–H groups in total. The number of halogens is 2. The van der Waals surface area contributed by atoms with Crippen molar-refractivity contribution in [3.63, 3.8) is 0 Å². The number of nitrogens with one attached hydrogen (secondary N) is 2. The largest absolute Gasteiger partial charge is 0.353 e. The lowest BCUT2D eigenvalue weighted by Gasteiger charge is -2.18. The molecule has 1 atom stereocenters. The minimum Gasteiger partial charge on any atom is -0.353 e. The van der Waals surface area contributed by atoms with Crippen LogP contribution in [0.1, 0.15) is 30.2 Å². The van der Waals surface area contributed by atoms with Crippen LogP contribution in [0.2, 0.25) is 5.02 Å². The second-order valence-electron chi connectivity index (χ2n) is 5.48. The Kier molecular flexibility index (Phi) is 8.91. The summed E-state index contributed by atoms with van der Waals surface area (Å²) >= 11 is 6.07. The van der Waals surface area contributed by atoms with Crippen molar-refractivity contribution in [2.45, 2.75) is 26.4 Å². The highest BCUT2D eigenvalue weighted by atomic mass is 127. The van der Waals surface area contributed by atoms with E-state index in [2.05, 4.69) is 39.3 Å². The second kappa shape index (κ2) is 10.4. The van der Waals surface area contributed by atoms with E-state index in [1.807, 2.05) is 42.8 Å². The maximum absolute atomic E-state index is 6.07. The Balaban J connectivity index is 0.00000312. The van der Waals surface area contributed by atoms with Crippen molar-refractivity contribution < 1.29 is 0 Å². The van der Waals surface area contributed by atoms with Gasteiger partial charge >= 0.3 is 0 Å². The molecule has 1 unspecified atom stereocenters. The fourth-order valence-corrected chi connectivity index (χ4v) is 2.32. The van der Waals surface area contributed by atoms with Gasteiger partial charge in [-0.2, -0.15) is 0 Å². The van der Waals surface area contributed by atoms with Gasteiger partial charge in [-0.15, -0.1) is 40.8 Å². The highest BCUT2D eigenvalue weighted by Gasteiger charge is 2.09. The van der Waals surface area contributed by atoms with Gasteiger partial charge in [-0.05, 0) is 31.5 Å². The van der Waals surface area contributed by atoms with E-state index in [1.54, 1.807) is 6.08 Å². The Hall–Kier alpha value is -1.61. The van der Waals surface area contributed by atoms with E-state index >= 15 is 0 Å². The molecule has 2 rings (SSSR count). The fraction of sp³-hybridized carbons (Fsp3) is 0.353. The van der Waals surface area contributed by atoms with Gasteiger partial charge in [-0.1, -0.05) is 29.8 Å². The van der Waals surface area contributed by atoms with Crippen molar-refractivity contribution >= 4 is 41.5 Å². The van der Waals surface area contributed by atoms with Crippen LogP contribution in [0.3, 0.4) is 0 Å². The van der Waals surface area contributed by atoms with Gasteiger partial charge in [0, 0.05) is 18.6 Å².